The molecular formula is C20H34N6O. The van der Waals surface area contributed by atoms with E-state index in [2.05, 4.69) is 42.6 Å². The van der Waals surface area contributed by atoms with Crippen molar-refractivity contribution in [1.29, 1.82) is 0 Å². The van der Waals surface area contributed by atoms with Gasteiger partial charge in [0, 0.05) is 71.1 Å². The zero-order chi connectivity index (χ0) is 18.6. The molecule has 0 aliphatic carbocycles. The lowest BCUT2D eigenvalue weighted by atomic mass is 9.99. The van der Waals surface area contributed by atoms with E-state index in [0.717, 1.165) is 50.7 Å². The molecule has 7 nitrogen and oxygen atoms in total. The molecule has 27 heavy (non-hydrogen) atoms. The summed E-state index contributed by atoms with van der Waals surface area (Å²) in [6.45, 7) is 12.6. The molecule has 4 heterocycles. The van der Waals surface area contributed by atoms with Crippen LogP contribution in [0, 0.1) is 5.92 Å². The van der Waals surface area contributed by atoms with Crippen molar-refractivity contribution in [1.82, 2.24) is 19.8 Å². The maximum Gasteiger partial charge on any atom is 0.134 e. The highest BCUT2D eigenvalue weighted by Gasteiger charge is 2.30. The van der Waals surface area contributed by atoms with Crippen LogP contribution in [0.5, 0.6) is 0 Å². The molecule has 4 rings (SSSR count). The molecule has 0 saturated carbocycles. The average molecular weight is 375 g/mol. The summed E-state index contributed by atoms with van der Waals surface area (Å²) in [5.74, 6) is 2.44. The number of piperazine rings is 1. The first-order valence-electron chi connectivity index (χ1n) is 10.7. The first-order valence-corrected chi connectivity index (χ1v) is 10.7. The number of aliphatic hydroxyl groups is 1. The fourth-order valence-corrected chi connectivity index (χ4v) is 4.80. The van der Waals surface area contributed by atoms with Gasteiger partial charge in [-0.25, -0.2) is 9.97 Å². The fourth-order valence-electron chi connectivity index (χ4n) is 4.80. The van der Waals surface area contributed by atoms with E-state index in [1.165, 1.54) is 39.1 Å². The van der Waals surface area contributed by atoms with Gasteiger partial charge in [0.15, 0.2) is 0 Å². The standard InChI is InChI=1S/C20H34N6O/c1-2-23-8-10-24(11-9-23)18-5-7-26(14-18)20-12-19(21-16-22-20)25-6-3-4-17(13-25)15-27/h12,16-18,27H,2-11,13-15H2,1H3. The van der Waals surface area contributed by atoms with Crippen LogP contribution in [-0.2, 0) is 0 Å². The Kier molecular flexibility index (Phi) is 6.10. The largest absolute Gasteiger partial charge is 0.396 e. The van der Waals surface area contributed by atoms with Crippen LogP contribution in [0.3, 0.4) is 0 Å². The molecule has 7 heteroatoms. The van der Waals surface area contributed by atoms with Gasteiger partial charge < -0.3 is 19.8 Å². The lowest BCUT2D eigenvalue weighted by molar-refractivity contribution is 0.107. The molecule has 0 bridgehead atoms. The Balaban J connectivity index is 1.37. The molecule has 1 aromatic rings. The van der Waals surface area contributed by atoms with Gasteiger partial charge in [-0.05, 0) is 31.7 Å². The Morgan fingerprint density at radius 2 is 1.70 bits per heavy atom. The van der Waals surface area contributed by atoms with Gasteiger partial charge >= 0.3 is 0 Å². The van der Waals surface area contributed by atoms with Crippen molar-refractivity contribution in [3.8, 4) is 0 Å². The topological polar surface area (TPSA) is 59.0 Å². The normalized spacial score (nSPS) is 28.1. The van der Waals surface area contributed by atoms with Gasteiger partial charge in [0.25, 0.3) is 0 Å². The number of hydrogen-bond acceptors (Lipinski definition) is 7. The number of aromatic nitrogens is 2. The maximum atomic E-state index is 9.49. The van der Waals surface area contributed by atoms with E-state index < -0.39 is 0 Å². The van der Waals surface area contributed by atoms with Crippen LogP contribution < -0.4 is 9.80 Å². The lowest BCUT2D eigenvalue weighted by Crippen LogP contribution is -2.50. The summed E-state index contributed by atoms with van der Waals surface area (Å²) in [5.41, 5.74) is 0. The smallest absolute Gasteiger partial charge is 0.134 e. The van der Waals surface area contributed by atoms with E-state index in [0.29, 0.717) is 12.0 Å². The van der Waals surface area contributed by atoms with Crippen LogP contribution in [0.15, 0.2) is 12.4 Å². The number of hydrogen-bond donors (Lipinski definition) is 1. The number of anilines is 2. The summed E-state index contributed by atoms with van der Waals surface area (Å²) >= 11 is 0. The van der Waals surface area contributed by atoms with Crippen LogP contribution in [0.4, 0.5) is 11.6 Å². The van der Waals surface area contributed by atoms with Crippen LogP contribution in [0.1, 0.15) is 26.2 Å². The molecule has 0 radical (unpaired) electrons. The van der Waals surface area contributed by atoms with Crippen LogP contribution in [0.25, 0.3) is 0 Å². The molecule has 3 saturated heterocycles. The summed E-state index contributed by atoms with van der Waals surface area (Å²) in [7, 11) is 0. The van der Waals surface area contributed by atoms with Gasteiger partial charge in [-0.1, -0.05) is 6.92 Å². The minimum absolute atomic E-state index is 0.271. The van der Waals surface area contributed by atoms with Crippen LogP contribution in [-0.4, -0.2) is 96.4 Å². The molecule has 2 atom stereocenters. The van der Waals surface area contributed by atoms with Crippen molar-refractivity contribution >= 4 is 11.6 Å². The zero-order valence-corrected chi connectivity index (χ0v) is 16.6. The number of piperidine rings is 1. The van der Waals surface area contributed by atoms with Gasteiger partial charge in [-0.15, -0.1) is 0 Å². The third-order valence-corrected chi connectivity index (χ3v) is 6.60. The van der Waals surface area contributed by atoms with Crippen molar-refractivity contribution in [2.45, 2.75) is 32.2 Å². The summed E-state index contributed by atoms with van der Waals surface area (Å²) in [5, 5.41) is 9.49. The maximum absolute atomic E-state index is 9.49. The second-order valence-electron chi connectivity index (χ2n) is 8.23. The Morgan fingerprint density at radius 3 is 2.41 bits per heavy atom. The van der Waals surface area contributed by atoms with E-state index in [4.69, 9.17) is 0 Å². The van der Waals surface area contributed by atoms with E-state index in [1.54, 1.807) is 6.33 Å². The second kappa shape index (κ2) is 8.71. The van der Waals surface area contributed by atoms with E-state index in [1.807, 2.05) is 0 Å². The summed E-state index contributed by atoms with van der Waals surface area (Å²) in [6.07, 6.45) is 5.17. The third-order valence-electron chi connectivity index (χ3n) is 6.60. The van der Waals surface area contributed by atoms with Crippen molar-refractivity contribution < 1.29 is 5.11 Å². The molecule has 0 amide bonds. The van der Waals surface area contributed by atoms with E-state index in [9.17, 15) is 5.11 Å². The number of likely N-dealkylation sites (N-methyl/N-ethyl adjacent to an activating group) is 1. The van der Waals surface area contributed by atoms with Gasteiger partial charge in [0.05, 0.1) is 0 Å². The molecule has 150 valence electrons. The molecule has 1 N–H and O–H groups in total. The van der Waals surface area contributed by atoms with Gasteiger partial charge in [-0.2, -0.15) is 0 Å². The third kappa shape index (κ3) is 4.36. The quantitative estimate of drug-likeness (QED) is 0.822. The van der Waals surface area contributed by atoms with Crippen LogP contribution in [0.2, 0.25) is 0 Å². The van der Waals surface area contributed by atoms with E-state index >= 15 is 0 Å². The Hall–Kier alpha value is -1.44. The van der Waals surface area contributed by atoms with Crippen molar-refractivity contribution in [3.63, 3.8) is 0 Å². The minimum atomic E-state index is 0.271. The van der Waals surface area contributed by atoms with Gasteiger partial charge in [0.1, 0.15) is 18.0 Å². The molecule has 3 aliphatic rings. The molecule has 0 aromatic carbocycles. The lowest BCUT2D eigenvalue weighted by Gasteiger charge is -2.37. The van der Waals surface area contributed by atoms with Crippen molar-refractivity contribution in [3.05, 3.63) is 12.4 Å². The monoisotopic (exact) mass is 374 g/mol. The van der Waals surface area contributed by atoms with Crippen LogP contribution >= 0.6 is 0 Å². The SMILES string of the molecule is CCN1CCN(C2CCN(c3cc(N4CCCC(CO)C4)ncn3)C2)CC1. The molecule has 0 spiro atoms. The average Bonchev–Trinajstić information content (AvgIpc) is 3.24. The predicted molar refractivity (Wildman–Crippen MR) is 108 cm³/mol. The predicted octanol–water partition coefficient (Wildman–Crippen LogP) is 0.902. The highest BCUT2D eigenvalue weighted by atomic mass is 16.3. The Bertz CT molecular complexity index is 606. The summed E-state index contributed by atoms with van der Waals surface area (Å²) < 4.78 is 0. The highest BCUT2D eigenvalue weighted by molar-refractivity contribution is 5.51. The molecule has 1 aromatic heterocycles. The first kappa shape index (κ1) is 18.9. The Labute approximate surface area is 163 Å². The van der Waals surface area contributed by atoms with Crippen molar-refractivity contribution in [2.24, 2.45) is 5.92 Å². The zero-order valence-electron chi connectivity index (χ0n) is 16.6. The van der Waals surface area contributed by atoms with Gasteiger partial charge in [0.2, 0.25) is 0 Å². The molecule has 2 unspecified atom stereocenters. The Morgan fingerprint density at radius 1 is 0.963 bits per heavy atom. The molecular weight excluding hydrogens is 340 g/mol. The number of rotatable bonds is 5. The molecule has 3 aliphatic heterocycles. The van der Waals surface area contributed by atoms with Crippen molar-refractivity contribution in [2.75, 3.05) is 75.3 Å². The number of aliphatic hydroxyl groups excluding tert-OH is 1. The first-order chi connectivity index (χ1) is 13.3. The van der Waals surface area contributed by atoms with E-state index in [-0.39, 0.29) is 6.61 Å². The second-order valence-corrected chi connectivity index (χ2v) is 8.23. The van der Waals surface area contributed by atoms with Gasteiger partial charge in [-0.3, -0.25) is 4.90 Å². The summed E-state index contributed by atoms with van der Waals surface area (Å²) in [4.78, 5) is 19.0. The molecule has 3 fully saturated rings. The fraction of sp³-hybridized carbons (Fsp3) is 0.800. The summed E-state index contributed by atoms with van der Waals surface area (Å²) in [6, 6.07) is 2.80. The minimum Gasteiger partial charge on any atom is -0.396 e. The highest BCUT2D eigenvalue weighted by Crippen LogP contribution is 2.26. The number of nitrogens with zero attached hydrogens (tertiary/aromatic N) is 6.